The molecule has 4 saturated carbocycles. The SMILES string of the molecule is CC(C)CCC[C@@H](C)[C@H]1CC[C@H]2[C@@H]3C[C@@H]4O[C@@]45C[C@@H](OS(=O)(=O)O)CC[C@]5(C)[C@H]3CC[C@]12C. The van der Waals surface area contributed by atoms with Gasteiger partial charge in [-0.1, -0.05) is 53.9 Å². The van der Waals surface area contributed by atoms with E-state index in [1.165, 1.54) is 44.9 Å². The predicted octanol–water partition coefficient (Wildman–Crippen LogP) is 6.43. The summed E-state index contributed by atoms with van der Waals surface area (Å²) in [4.78, 5) is 0. The fourth-order valence-corrected chi connectivity index (χ4v) is 10.4. The minimum Gasteiger partial charge on any atom is -0.365 e. The topological polar surface area (TPSA) is 76.1 Å². The smallest absolute Gasteiger partial charge is 0.365 e. The molecule has 0 aromatic rings. The van der Waals surface area contributed by atoms with E-state index in [-0.39, 0.29) is 17.1 Å². The molecule has 10 atom stereocenters. The van der Waals surface area contributed by atoms with Crippen LogP contribution in [-0.2, 0) is 19.3 Å². The zero-order chi connectivity index (χ0) is 23.8. The molecule has 190 valence electrons. The molecule has 1 spiro atoms. The second-order valence-corrected chi connectivity index (χ2v) is 14.5. The van der Waals surface area contributed by atoms with Gasteiger partial charge in [-0.3, -0.25) is 4.55 Å². The van der Waals surface area contributed by atoms with E-state index < -0.39 is 16.5 Å². The van der Waals surface area contributed by atoms with Crippen molar-refractivity contribution in [1.29, 1.82) is 0 Å². The lowest BCUT2D eigenvalue weighted by atomic mass is 9.44. The molecule has 1 saturated heterocycles. The maximum absolute atomic E-state index is 11.3. The van der Waals surface area contributed by atoms with Crippen LogP contribution in [0.15, 0.2) is 0 Å². The molecule has 1 aliphatic heterocycles. The summed E-state index contributed by atoms with van der Waals surface area (Å²) in [6, 6.07) is 0. The largest absolute Gasteiger partial charge is 0.397 e. The highest BCUT2D eigenvalue weighted by atomic mass is 32.3. The van der Waals surface area contributed by atoms with Crippen molar-refractivity contribution in [2.45, 2.75) is 123 Å². The quantitative estimate of drug-likeness (QED) is 0.334. The van der Waals surface area contributed by atoms with Gasteiger partial charge in [-0.25, -0.2) is 4.18 Å². The fourth-order valence-electron chi connectivity index (χ4n) is 9.92. The van der Waals surface area contributed by atoms with Gasteiger partial charge in [0.1, 0.15) is 5.60 Å². The third kappa shape index (κ3) is 3.94. The Labute approximate surface area is 201 Å². The van der Waals surface area contributed by atoms with Crippen LogP contribution in [0.4, 0.5) is 0 Å². The average molecular weight is 483 g/mol. The number of epoxide rings is 1. The van der Waals surface area contributed by atoms with E-state index in [0.717, 1.165) is 42.4 Å². The molecule has 0 unspecified atom stereocenters. The van der Waals surface area contributed by atoms with Crippen LogP contribution in [0.2, 0.25) is 0 Å². The highest BCUT2D eigenvalue weighted by molar-refractivity contribution is 7.80. The van der Waals surface area contributed by atoms with Gasteiger partial charge in [0.05, 0.1) is 12.2 Å². The summed E-state index contributed by atoms with van der Waals surface area (Å²) in [6.07, 6.45) is 12.6. The van der Waals surface area contributed by atoms with E-state index >= 15 is 0 Å². The van der Waals surface area contributed by atoms with Crippen LogP contribution in [0.1, 0.15) is 105 Å². The molecular weight excluding hydrogens is 436 g/mol. The van der Waals surface area contributed by atoms with Crippen LogP contribution in [0, 0.1) is 46.3 Å². The molecule has 5 fully saturated rings. The lowest BCUT2D eigenvalue weighted by molar-refractivity contribution is -0.114. The Morgan fingerprint density at radius 3 is 2.48 bits per heavy atom. The zero-order valence-electron chi connectivity index (χ0n) is 21.4. The van der Waals surface area contributed by atoms with E-state index in [2.05, 4.69) is 34.6 Å². The molecule has 0 bridgehead atoms. The molecule has 5 aliphatic rings. The van der Waals surface area contributed by atoms with E-state index in [9.17, 15) is 13.0 Å². The lowest BCUT2D eigenvalue weighted by Gasteiger charge is -2.59. The Morgan fingerprint density at radius 2 is 1.79 bits per heavy atom. The Kier molecular flexibility index (Phi) is 6.08. The number of hydrogen-bond donors (Lipinski definition) is 1. The maximum atomic E-state index is 11.3. The molecule has 0 aromatic heterocycles. The summed E-state index contributed by atoms with van der Waals surface area (Å²) in [7, 11) is -4.41. The van der Waals surface area contributed by atoms with Gasteiger partial charge < -0.3 is 4.74 Å². The first-order chi connectivity index (χ1) is 15.4. The number of ether oxygens (including phenoxy) is 1. The molecule has 33 heavy (non-hydrogen) atoms. The highest BCUT2D eigenvalue weighted by Gasteiger charge is 2.76. The van der Waals surface area contributed by atoms with Crippen molar-refractivity contribution < 1.29 is 21.9 Å². The molecule has 4 aliphatic carbocycles. The first-order valence-electron chi connectivity index (χ1n) is 13.7. The van der Waals surface area contributed by atoms with Crippen LogP contribution in [0.25, 0.3) is 0 Å². The third-order valence-electron chi connectivity index (χ3n) is 11.5. The van der Waals surface area contributed by atoms with E-state index in [1.807, 2.05) is 0 Å². The van der Waals surface area contributed by atoms with Crippen LogP contribution in [0.3, 0.4) is 0 Å². The number of rotatable bonds is 7. The third-order valence-corrected chi connectivity index (χ3v) is 12.0. The van der Waals surface area contributed by atoms with E-state index in [0.29, 0.717) is 24.2 Å². The summed E-state index contributed by atoms with van der Waals surface area (Å²) >= 11 is 0. The molecule has 5 nitrogen and oxygen atoms in total. The van der Waals surface area contributed by atoms with Gasteiger partial charge in [-0.15, -0.1) is 0 Å². The van der Waals surface area contributed by atoms with Crippen LogP contribution < -0.4 is 0 Å². The fraction of sp³-hybridized carbons (Fsp3) is 1.00. The van der Waals surface area contributed by atoms with E-state index in [1.54, 1.807) is 0 Å². The monoisotopic (exact) mass is 482 g/mol. The molecule has 0 radical (unpaired) electrons. The Hall–Kier alpha value is -0.170. The molecular formula is C27H46O5S. The van der Waals surface area contributed by atoms with Gasteiger partial charge >= 0.3 is 10.4 Å². The highest BCUT2D eigenvalue weighted by Crippen LogP contribution is 2.74. The van der Waals surface area contributed by atoms with Crippen LogP contribution >= 0.6 is 0 Å². The van der Waals surface area contributed by atoms with Crippen molar-refractivity contribution in [2.24, 2.45) is 46.3 Å². The van der Waals surface area contributed by atoms with Crippen LogP contribution in [-0.4, -0.2) is 30.8 Å². The standard InChI is InChI=1S/C27H46O5S/c1-17(2)7-6-8-18(3)21-9-10-22-20-15-24-27(31-24)16-19(32-33(28,29)30)11-14-26(27,5)23(20)12-13-25(21,22)4/h17-24H,6-16H2,1-5H3,(H,28,29,30)/t18-,19+,20+,21-,22+,23+,24+,25-,26-,27+/m1/s1. The second-order valence-electron chi connectivity index (χ2n) is 13.4. The summed E-state index contributed by atoms with van der Waals surface area (Å²) in [5.41, 5.74) is 0.328. The van der Waals surface area contributed by atoms with E-state index in [4.69, 9.17) is 8.92 Å². The summed E-state index contributed by atoms with van der Waals surface area (Å²) < 4.78 is 43.4. The van der Waals surface area contributed by atoms with Crippen molar-refractivity contribution >= 4 is 10.4 Å². The lowest BCUT2D eigenvalue weighted by Crippen LogP contribution is -2.59. The van der Waals surface area contributed by atoms with Gasteiger partial charge in [0.2, 0.25) is 0 Å². The van der Waals surface area contributed by atoms with Gasteiger partial charge in [0.15, 0.2) is 0 Å². The van der Waals surface area contributed by atoms with Crippen molar-refractivity contribution in [3.05, 3.63) is 0 Å². The van der Waals surface area contributed by atoms with Crippen molar-refractivity contribution in [2.75, 3.05) is 0 Å². The van der Waals surface area contributed by atoms with Gasteiger partial charge in [0.25, 0.3) is 0 Å². The maximum Gasteiger partial charge on any atom is 0.397 e. The predicted molar refractivity (Wildman–Crippen MR) is 129 cm³/mol. The number of hydrogen-bond acceptors (Lipinski definition) is 4. The zero-order valence-corrected chi connectivity index (χ0v) is 22.2. The molecule has 6 heteroatoms. The normalized spacial score (nSPS) is 49.7. The summed E-state index contributed by atoms with van der Waals surface area (Å²) in [6.45, 7) is 12.3. The minimum absolute atomic E-state index is 0.0992. The molecule has 1 N–H and O–H groups in total. The minimum atomic E-state index is -4.41. The second kappa shape index (κ2) is 8.18. The van der Waals surface area contributed by atoms with Crippen molar-refractivity contribution in [3.63, 3.8) is 0 Å². The Morgan fingerprint density at radius 1 is 1.03 bits per heavy atom. The Bertz CT molecular complexity index is 857. The molecule has 0 amide bonds. The first-order valence-corrected chi connectivity index (χ1v) is 15.1. The van der Waals surface area contributed by atoms with Gasteiger partial charge in [0, 0.05) is 11.8 Å². The molecule has 5 rings (SSSR count). The Balaban J connectivity index is 1.31. The first kappa shape index (κ1) is 24.5. The van der Waals surface area contributed by atoms with Crippen molar-refractivity contribution in [3.8, 4) is 0 Å². The number of fused-ring (bicyclic) bond motifs is 4. The van der Waals surface area contributed by atoms with Crippen LogP contribution in [0.5, 0.6) is 0 Å². The van der Waals surface area contributed by atoms with Gasteiger partial charge in [-0.2, -0.15) is 8.42 Å². The molecule has 1 heterocycles. The van der Waals surface area contributed by atoms with Gasteiger partial charge in [-0.05, 0) is 85.9 Å². The average Bonchev–Trinajstić information content (AvgIpc) is 3.27. The summed E-state index contributed by atoms with van der Waals surface area (Å²) in [5, 5.41) is 0. The summed E-state index contributed by atoms with van der Waals surface area (Å²) in [5.74, 6) is 4.68. The van der Waals surface area contributed by atoms with Crippen molar-refractivity contribution in [1.82, 2.24) is 0 Å². The molecule has 0 aromatic carbocycles.